The predicted octanol–water partition coefficient (Wildman–Crippen LogP) is 4.35. The van der Waals surface area contributed by atoms with Gasteiger partial charge in [-0.3, -0.25) is 0 Å². The van der Waals surface area contributed by atoms with Gasteiger partial charge in [0.25, 0.3) is 0 Å². The van der Waals surface area contributed by atoms with E-state index in [1.165, 1.54) is 6.07 Å². The van der Waals surface area contributed by atoms with E-state index in [0.29, 0.717) is 6.54 Å². The van der Waals surface area contributed by atoms with Gasteiger partial charge in [-0.1, -0.05) is 6.07 Å². The summed E-state index contributed by atoms with van der Waals surface area (Å²) >= 11 is 1.69. The first-order valence-corrected chi connectivity index (χ1v) is 10.8. The number of nitrogens with one attached hydrogen (secondary N) is 2. The number of benzene rings is 1. The highest BCUT2D eigenvalue weighted by molar-refractivity contribution is 14.0. The van der Waals surface area contributed by atoms with Crippen molar-refractivity contribution in [1.29, 1.82) is 0 Å². The lowest BCUT2D eigenvalue weighted by Crippen LogP contribution is -2.37. The highest BCUT2D eigenvalue weighted by Gasteiger charge is 2.05. The van der Waals surface area contributed by atoms with Crippen molar-refractivity contribution in [2.75, 3.05) is 19.3 Å². The second-order valence-electron chi connectivity index (χ2n) is 6.34. The first-order valence-electron chi connectivity index (χ1n) is 9.40. The summed E-state index contributed by atoms with van der Waals surface area (Å²) in [5.41, 5.74) is 2.08. The third-order valence-electron chi connectivity index (χ3n) is 4.26. The van der Waals surface area contributed by atoms with Crippen LogP contribution in [-0.4, -0.2) is 34.9 Å². The summed E-state index contributed by atoms with van der Waals surface area (Å²) < 4.78 is 15.6. The molecule has 156 valence electrons. The summed E-state index contributed by atoms with van der Waals surface area (Å²) in [4.78, 5) is 8.91. The number of aliphatic imine (C=N–C) groups is 1. The third-order valence-corrected chi connectivity index (χ3v) is 4.86. The van der Waals surface area contributed by atoms with Crippen molar-refractivity contribution in [1.82, 2.24) is 20.2 Å². The van der Waals surface area contributed by atoms with Gasteiger partial charge in [0, 0.05) is 37.8 Å². The monoisotopic (exact) mass is 519 g/mol. The molecule has 8 heteroatoms. The largest absolute Gasteiger partial charge is 0.357 e. The van der Waals surface area contributed by atoms with Crippen LogP contribution in [0, 0.1) is 12.7 Å². The smallest absolute Gasteiger partial charge is 0.191 e. The summed E-state index contributed by atoms with van der Waals surface area (Å²) in [6.07, 6.45) is 8.01. The number of aryl methyl sites for hydroxylation is 2. The van der Waals surface area contributed by atoms with Crippen molar-refractivity contribution in [2.24, 2.45) is 4.99 Å². The van der Waals surface area contributed by atoms with Gasteiger partial charge >= 0.3 is 0 Å². The molecule has 0 fully saturated rings. The van der Waals surface area contributed by atoms with Gasteiger partial charge in [-0.15, -0.1) is 24.0 Å². The Morgan fingerprint density at radius 3 is 2.75 bits per heavy atom. The molecule has 1 aromatic carbocycles. The minimum absolute atomic E-state index is 0. The molecule has 0 aliphatic rings. The van der Waals surface area contributed by atoms with E-state index >= 15 is 0 Å². The molecular formula is C20H31FIN5S. The lowest BCUT2D eigenvalue weighted by Gasteiger charge is -2.13. The van der Waals surface area contributed by atoms with Crippen molar-refractivity contribution in [2.45, 2.75) is 45.5 Å². The minimum Gasteiger partial charge on any atom is -0.357 e. The average Bonchev–Trinajstić information content (AvgIpc) is 3.05. The molecule has 0 aliphatic carbocycles. The molecule has 1 heterocycles. The second-order valence-corrected chi connectivity index (χ2v) is 7.21. The van der Waals surface area contributed by atoms with Gasteiger partial charge in [0.1, 0.15) is 11.6 Å². The fourth-order valence-electron chi connectivity index (χ4n) is 2.80. The highest BCUT2D eigenvalue weighted by atomic mass is 127. The lowest BCUT2D eigenvalue weighted by atomic mass is 10.1. The van der Waals surface area contributed by atoms with Crippen LogP contribution in [0.4, 0.5) is 4.39 Å². The molecule has 0 unspecified atom stereocenters. The summed E-state index contributed by atoms with van der Waals surface area (Å²) in [5.74, 6) is 2.46. The number of halogens is 2. The maximum atomic E-state index is 13.5. The zero-order chi connectivity index (χ0) is 19.5. The molecule has 0 saturated carbocycles. The number of hydrogen-bond acceptors (Lipinski definition) is 3. The molecule has 0 saturated heterocycles. The Balaban J connectivity index is 0.00000392. The Hall–Kier alpha value is -1.29. The average molecular weight is 519 g/mol. The summed E-state index contributed by atoms with van der Waals surface area (Å²) in [6, 6.07) is 4.95. The third kappa shape index (κ3) is 8.38. The van der Waals surface area contributed by atoms with E-state index in [0.717, 1.165) is 61.1 Å². The molecule has 28 heavy (non-hydrogen) atoms. The summed E-state index contributed by atoms with van der Waals surface area (Å²) in [6.45, 7) is 7.27. The molecule has 0 atom stereocenters. The van der Waals surface area contributed by atoms with E-state index < -0.39 is 0 Å². The zero-order valence-corrected chi connectivity index (χ0v) is 20.0. The summed E-state index contributed by atoms with van der Waals surface area (Å²) in [5, 5.41) is 6.66. The van der Waals surface area contributed by atoms with Gasteiger partial charge in [-0.2, -0.15) is 11.8 Å². The Bertz CT molecular complexity index is 735. The Kier molecular flexibility index (Phi) is 12.2. The normalized spacial score (nSPS) is 11.2. The molecule has 0 radical (unpaired) electrons. The second kappa shape index (κ2) is 13.8. The van der Waals surface area contributed by atoms with E-state index in [9.17, 15) is 4.39 Å². The van der Waals surface area contributed by atoms with Crippen molar-refractivity contribution in [3.63, 3.8) is 0 Å². The minimum atomic E-state index is -0.190. The van der Waals surface area contributed by atoms with Crippen LogP contribution in [-0.2, 0) is 18.8 Å². The zero-order valence-electron chi connectivity index (χ0n) is 16.9. The topological polar surface area (TPSA) is 54.2 Å². The maximum absolute atomic E-state index is 13.5. The van der Waals surface area contributed by atoms with Gasteiger partial charge in [0.15, 0.2) is 5.96 Å². The Morgan fingerprint density at radius 1 is 1.25 bits per heavy atom. The van der Waals surface area contributed by atoms with Crippen molar-refractivity contribution < 1.29 is 4.39 Å². The number of thioether (sulfide) groups is 1. The van der Waals surface area contributed by atoms with Gasteiger partial charge in [-0.25, -0.2) is 14.4 Å². The van der Waals surface area contributed by atoms with E-state index in [1.807, 2.05) is 31.6 Å². The summed E-state index contributed by atoms with van der Waals surface area (Å²) in [7, 11) is 0. The van der Waals surface area contributed by atoms with Crippen LogP contribution in [0.25, 0.3) is 0 Å². The molecular weight excluding hydrogens is 488 g/mol. The number of hydrogen-bond donors (Lipinski definition) is 2. The van der Waals surface area contributed by atoms with Crippen molar-refractivity contribution in [3.05, 3.63) is 53.4 Å². The van der Waals surface area contributed by atoms with E-state index in [4.69, 9.17) is 0 Å². The fourth-order valence-corrected chi connectivity index (χ4v) is 3.38. The molecule has 0 amide bonds. The Morgan fingerprint density at radius 2 is 2.07 bits per heavy atom. The number of nitrogens with zero attached hydrogens (tertiary/aromatic N) is 3. The van der Waals surface area contributed by atoms with E-state index in [1.54, 1.807) is 17.8 Å². The molecule has 5 nitrogen and oxygen atoms in total. The molecule has 2 rings (SSSR count). The molecule has 0 aliphatic heterocycles. The predicted molar refractivity (Wildman–Crippen MR) is 128 cm³/mol. The van der Waals surface area contributed by atoms with Crippen LogP contribution in [0.15, 0.2) is 35.6 Å². The standard InChI is InChI=1S/C20H30FN5S.HI/c1-4-22-20(24-9-5-6-11-26-12-10-23-16(26)2)25-14-17-7-8-19(21)13-18(17)15-27-3;/h7-8,10,12-13H,4-6,9,11,14-15H2,1-3H3,(H2,22,24,25);1H. The van der Waals surface area contributed by atoms with Crippen LogP contribution in [0.1, 0.15) is 36.7 Å². The van der Waals surface area contributed by atoms with E-state index in [-0.39, 0.29) is 29.8 Å². The van der Waals surface area contributed by atoms with Crippen LogP contribution in [0.5, 0.6) is 0 Å². The van der Waals surface area contributed by atoms with Crippen molar-refractivity contribution >= 4 is 41.7 Å². The number of rotatable bonds is 10. The number of guanidine groups is 1. The van der Waals surface area contributed by atoms with Crippen LogP contribution < -0.4 is 10.6 Å². The number of aromatic nitrogens is 2. The quantitative estimate of drug-likeness (QED) is 0.212. The number of imidazole rings is 1. The number of unbranched alkanes of at least 4 members (excludes halogenated alkanes) is 1. The SMILES string of the molecule is CCNC(=NCc1ccc(F)cc1CSC)NCCCCn1ccnc1C.I. The lowest BCUT2D eigenvalue weighted by molar-refractivity contribution is 0.588. The van der Waals surface area contributed by atoms with Crippen LogP contribution >= 0.6 is 35.7 Å². The van der Waals surface area contributed by atoms with Gasteiger partial charge < -0.3 is 15.2 Å². The van der Waals surface area contributed by atoms with E-state index in [2.05, 4.69) is 32.1 Å². The van der Waals surface area contributed by atoms with Crippen molar-refractivity contribution in [3.8, 4) is 0 Å². The van der Waals surface area contributed by atoms with Gasteiger partial charge in [-0.05, 0) is 56.2 Å². The van der Waals surface area contributed by atoms with Gasteiger partial charge in [0.2, 0.25) is 0 Å². The molecule has 2 aromatic rings. The fraction of sp³-hybridized carbons (Fsp3) is 0.500. The molecule has 2 N–H and O–H groups in total. The molecule has 0 spiro atoms. The van der Waals surface area contributed by atoms with Crippen LogP contribution in [0.2, 0.25) is 0 Å². The van der Waals surface area contributed by atoms with Gasteiger partial charge in [0.05, 0.1) is 6.54 Å². The maximum Gasteiger partial charge on any atom is 0.191 e. The molecule has 1 aromatic heterocycles. The first-order chi connectivity index (χ1) is 13.1. The van der Waals surface area contributed by atoms with Crippen LogP contribution in [0.3, 0.4) is 0 Å². The Labute approximate surface area is 189 Å². The first kappa shape index (κ1) is 24.7. The molecule has 0 bridgehead atoms. The highest BCUT2D eigenvalue weighted by Crippen LogP contribution is 2.17.